The molecule has 0 aliphatic carbocycles. The van der Waals surface area contributed by atoms with E-state index in [1.54, 1.807) is 29.1 Å². The number of ether oxygens (including phenoxy) is 1. The van der Waals surface area contributed by atoms with E-state index >= 15 is 0 Å². The first-order chi connectivity index (χ1) is 17.0. The fourth-order valence-corrected chi connectivity index (χ4v) is 3.77. The average molecular weight is 511 g/mol. The molecular formula is C28H24ClN2NaO4. The van der Waals surface area contributed by atoms with Gasteiger partial charge >= 0.3 is 29.6 Å². The van der Waals surface area contributed by atoms with Gasteiger partial charge in [-0.1, -0.05) is 59.2 Å². The Morgan fingerprint density at radius 1 is 0.972 bits per heavy atom. The van der Waals surface area contributed by atoms with Crippen LogP contribution in [0.5, 0.6) is 11.5 Å². The van der Waals surface area contributed by atoms with E-state index < -0.39 is 5.97 Å². The van der Waals surface area contributed by atoms with E-state index in [1.807, 2.05) is 73.7 Å². The third-order valence-electron chi connectivity index (χ3n) is 5.27. The van der Waals surface area contributed by atoms with E-state index in [0.717, 1.165) is 16.9 Å². The zero-order chi connectivity index (χ0) is 24.6. The third-order valence-corrected chi connectivity index (χ3v) is 5.52. The third kappa shape index (κ3) is 7.48. The first-order valence-corrected chi connectivity index (χ1v) is 11.6. The van der Waals surface area contributed by atoms with Gasteiger partial charge in [0.1, 0.15) is 23.8 Å². The van der Waals surface area contributed by atoms with E-state index in [1.165, 1.54) is 0 Å². The molecule has 4 rings (SSSR count). The van der Waals surface area contributed by atoms with E-state index in [-0.39, 0.29) is 35.1 Å². The minimum atomic E-state index is -1.23. The van der Waals surface area contributed by atoms with Crippen molar-refractivity contribution in [2.45, 2.75) is 19.9 Å². The summed E-state index contributed by atoms with van der Waals surface area (Å²) in [5.74, 6) is 0.155. The van der Waals surface area contributed by atoms with Gasteiger partial charge in [0.2, 0.25) is 0 Å². The van der Waals surface area contributed by atoms with Crippen LogP contribution >= 0.6 is 11.6 Å². The second-order valence-electron chi connectivity index (χ2n) is 7.86. The van der Waals surface area contributed by atoms with Gasteiger partial charge in [0.15, 0.2) is 0 Å². The molecule has 0 aliphatic rings. The molecule has 1 heterocycles. The molecule has 0 bridgehead atoms. The van der Waals surface area contributed by atoms with Crippen LogP contribution in [0.25, 0.3) is 0 Å². The Bertz CT molecular complexity index is 1320. The molecular weight excluding hydrogens is 487 g/mol. The average Bonchev–Trinajstić information content (AvgIpc) is 3.26. The SMILES string of the molecule is CCO/N=C(\Cn1cc(Cc2ccc(Cl)cc2)c(C(=O)[O-])c1)c1cccc(Oc2ccccc2)c1.[Na+]. The van der Waals surface area contributed by atoms with Crippen LogP contribution in [0.15, 0.2) is 96.4 Å². The zero-order valence-corrected chi connectivity index (χ0v) is 22.9. The topological polar surface area (TPSA) is 75.9 Å². The maximum atomic E-state index is 11.8. The summed E-state index contributed by atoms with van der Waals surface area (Å²) >= 11 is 5.97. The zero-order valence-electron chi connectivity index (χ0n) is 20.2. The first kappa shape index (κ1) is 27.6. The number of oxime groups is 1. The molecule has 8 heteroatoms. The Kier molecular flexibility index (Phi) is 10.2. The Hall–Kier alpha value is -3.03. The monoisotopic (exact) mass is 510 g/mol. The number of carbonyl (C=O) groups is 1. The van der Waals surface area contributed by atoms with Gasteiger partial charge in [0.25, 0.3) is 0 Å². The number of carboxylic acid groups (broad SMARTS) is 1. The number of halogens is 1. The summed E-state index contributed by atoms with van der Waals surface area (Å²) in [6, 6.07) is 24.3. The van der Waals surface area contributed by atoms with Crippen LogP contribution in [0.3, 0.4) is 0 Å². The number of para-hydroxylation sites is 1. The molecule has 0 amide bonds. The second-order valence-corrected chi connectivity index (χ2v) is 8.30. The number of aromatic carboxylic acids is 1. The van der Waals surface area contributed by atoms with Crippen LogP contribution < -0.4 is 39.4 Å². The summed E-state index contributed by atoms with van der Waals surface area (Å²) in [4.78, 5) is 17.2. The molecule has 3 aromatic carbocycles. The van der Waals surface area contributed by atoms with Crippen LogP contribution in [0.1, 0.15) is 34.0 Å². The van der Waals surface area contributed by atoms with Crippen LogP contribution in [0.2, 0.25) is 5.02 Å². The molecule has 36 heavy (non-hydrogen) atoms. The Balaban J connectivity index is 0.00000361. The fourth-order valence-electron chi connectivity index (χ4n) is 3.65. The van der Waals surface area contributed by atoms with E-state index in [4.69, 9.17) is 21.2 Å². The van der Waals surface area contributed by atoms with Gasteiger partial charge in [0, 0.05) is 28.5 Å². The maximum Gasteiger partial charge on any atom is 1.00 e. The summed E-state index contributed by atoms with van der Waals surface area (Å²) < 4.78 is 7.73. The van der Waals surface area contributed by atoms with Crippen molar-refractivity contribution in [3.63, 3.8) is 0 Å². The normalized spacial score (nSPS) is 11.0. The summed E-state index contributed by atoms with van der Waals surface area (Å²) in [6.07, 6.45) is 3.80. The molecule has 0 fully saturated rings. The Labute approximate surface area is 237 Å². The molecule has 178 valence electrons. The van der Waals surface area contributed by atoms with Crippen LogP contribution in [-0.2, 0) is 17.8 Å². The number of hydrogen-bond acceptors (Lipinski definition) is 5. The van der Waals surface area contributed by atoms with Gasteiger partial charge < -0.3 is 24.0 Å². The molecule has 4 aromatic rings. The van der Waals surface area contributed by atoms with Crippen LogP contribution in [-0.4, -0.2) is 22.9 Å². The number of hydrogen-bond donors (Lipinski definition) is 0. The predicted molar refractivity (Wildman–Crippen MR) is 134 cm³/mol. The predicted octanol–water partition coefficient (Wildman–Crippen LogP) is 2.33. The summed E-state index contributed by atoms with van der Waals surface area (Å²) in [6.45, 7) is 2.56. The molecule has 6 nitrogen and oxygen atoms in total. The van der Waals surface area contributed by atoms with Gasteiger partial charge in [-0.3, -0.25) is 0 Å². The smallest absolute Gasteiger partial charge is 0.545 e. The van der Waals surface area contributed by atoms with Gasteiger partial charge in [-0.2, -0.15) is 0 Å². The molecule has 0 radical (unpaired) electrons. The van der Waals surface area contributed by atoms with Crippen molar-refractivity contribution in [2.24, 2.45) is 5.16 Å². The van der Waals surface area contributed by atoms with Crippen molar-refractivity contribution < 1.29 is 49.0 Å². The molecule has 1 aromatic heterocycles. The van der Waals surface area contributed by atoms with Crippen molar-refractivity contribution >= 4 is 23.3 Å². The minimum absolute atomic E-state index is 0. The van der Waals surface area contributed by atoms with E-state index in [2.05, 4.69) is 5.16 Å². The van der Waals surface area contributed by atoms with Gasteiger partial charge in [-0.25, -0.2) is 0 Å². The van der Waals surface area contributed by atoms with Crippen molar-refractivity contribution in [1.82, 2.24) is 4.57 Å². The van der Waals surface area contributed by atoms with E-state index in [9.17, 15) is 9.90 Å². The van der Waals surface area contributed by atoms with Gasteiger partial charge in [-0.05, 0) is 60.9 Å². The fraction of sp³-hybridized carbons (Fsp3) is 0.143. The summed E-state index contributed by atoms with van der Waals surface area (Å²) in [5, 5.41) is 16.7. The van der Waals surface area contributed by atoms with Crippen LogP contribution in [0, 0.1) is 0 Å². The van der Waals surface area contributed by atoms with E-state index in [0.29, 0.717) is 41.6 Å². The summed E-state index contributed by atoms with van der Waals surface area (Å²) in [5.41, 5.74) is 3.16. The number of rotatable bonds is 10. The molecule has 0 aliphatic heterocycles. The quantitative estimate of drug-likeness (QED) is 0.186. The number of benzene rings is 3. The molecule has 0 unspecified atom stereocenters. The molecule has 0 saturated heterocycles. The Morgan fingerprint density at radius 3 is 2.39 bits per heavy atom. The largest absolute Gasteiger partial charge is 1.00 e. The Morgan fingerprint density at radius 2 is 1.69 bits per heavy atom. The van der Waals surface area contributed by atoms with Crippen molar-refractivity contribution in [1.29, 1.82) is 0 Å². The first-order valence-electron chi connectivity index (χ1n) is 11.2. The number of aromatic nitrogens is 1. The molecule has 0 N–H and O–H groups in total. The van der Waals surface area contributed by atoms with Crippen LogP contribution in [0.4, 0.5) is 0 Å². The van der Waals surface area contributed by atoms with Crippen molar-refractivity contribution in [3.05, 3.63) is 119 Å². The molecule has 0 spiro atoms. The van der Waals surface area contributed by atoms with Crippen molar-refractivity contribution in [2.75, 3.05) is 6.61 Å². The minimum Gasteiger partial charge on any atom is -0.545 e. The van der Waals surface area contributed by atoms with Gasteiger partial charge in [-0.15, -0.1) is 0 Å². The second kappa shape index (κ2) is 13.3. The van der Waals surface area contributed by atoms with Crippen molar-refractivity contribution in [3.8, 4) is 11.5 Å². The number of nitrogens with zero attached hydrogens (tertiary/aromatic N) is 2. The number of carboxylic acids is 1. The standard InChI is InChI=1S/C28H25ClN2O4.Na/c1-2-34-30-27(21-7-6-10-25(16-21)35-24-8-4-3-5-9-24)19-31-17-22(26(18-31)28(32)33)15-20-11-13-23(29)14-12-20;/h3-14,16-18H,2,15,19H2,1H3,(H,32,33);/q;+1/p-1/b30-27+;. The van der Waals surface area contributed by atoms with Gasteiger partial charge in [0.05, 0.1) is 12.5 Å². The maximum absolute atomic E-state index is 11.8. The molecule has 0 atom stereocenters. The number of carbonyl (C=O) groups excluding carboxylic acids is 1. The summed E-state index contributed by atoms with van der Waals surface area (Å²) in [7, 11) is 0. The molecule has 0 saturated carbocycles.